The van der Waals surface area contributed by atoms with Gasteiger partial charge in [-0.05, 0) is 71.1 Å². The first-order valence-electron chi connectivity index (χ1n) is 12.2. The molecule has 1 aliphatic heterocycles. The van der Waals surface area contributed by atoms with E-state index in [-0.39, 0.29) is 29.2 Å². The molecule has 2 fully saturated rings. The van der Waals surface area contributed by atoms with E-state index in [1.165, 1.54) is 6.33 Å². The Morgan fingerprint density at radius 2 is 2.08 bits per heavy atom. The fraction of sp³-hybridized carbons (Fsp3) is 0.423. The lowest BCUT2D eigenvalue weighted by Crippen LogP contribution is -2.37. The van der Waals surface area contributed by atoms with Gasteiger partial charge in [-0.2, -0.15) is 0 Å². The fourth-order valence-electron chi connectivity index (χ4n) is 5.85. The second-order valence-corrected chi connectivity index (χ2v) is 10.8. The van der Waals surface area contributed by atoms with Crippen molar-refractivity contribution in [3.63, 3.8) is 0 Å². The van der Waals surface area contributed by atoms with E-state index in [2.05, 4.69) is 38.1 Å². The van der Waals surface area contributed by atoms with E-state index in [0.717, 1.165) is 19.3 Å². The molecule has 0 radical (unpaired) electrons. The highest BCUT2D eigenvalue weighted by atomic mass is 79.9. The Bertz CT molecular complexity index is 1350. The zero-order valence-corrected chi connectivity index (χ0v) is 23.9. The number of hydrogen-bond donors (Lipinski definition) is 2. The maximum Gasteiger partial charge on any atom is 0.407 e. The van der Waals surface area contributed by atoms with Crippen molar-refractivity contribution in [2.24, 2.45) is 17.8 Å². The molecule has 1 aromatic heterocycles. The summed E-state index contributed by atoms with van der Waals surface area (Å²) in [7, 11) is 1.56. The van der Waals surface area contributed by atoms with Gasteiger partial charge in [-0.1, -0.05) is 18.5 Å². The molecule has 1 saturated carbocycles. The molecular weight excluding hydrogens is 602 g/mol. The number of aromatic nitrogens is 2. The van der Waals surface area contributed by atoms with Crippen molar-refractivity contribution in [1.82, 2.24) is 14.9 Å². The van der Waals surface area contributed by atoms with Gasteiger partial charge in [0.25, 0.3) is 0 Å². The van der Waals surface area contributed by atoms with Gasteiger partial charge in [0.2, 0.25) is 0 Å². The van der Waals surface area contributed by atoms with E-state index in [1.807, 2.05) is 0 Å². The molecule has 8 nitrogen and oxygen atoms in total. The number of ether oxygens (including phenoxy) is 2. The number of rotatable bonds is 7. The third-order valence-corrected chi connectivity index (χ3v) is 8.78. The largest absolute Gasteiger partial charge is 0.493 e. The van der Waals surface area contributed by atoms with Gasteiger partial charge in [-0.3, -0.25) is 0 Å². The van der Waals surface area contributed by atoms with Crippen LogP contribution in [0.4, 0.5) is 20.7 Å². The van der Waals surface area contributed by atoms with Gasteiger partial charge in [-0.25, -0.2) is 19.2 Å². The first-order valence-corrected chi connectivity index (χ1v) is 13.3. The van der Waals surface area contributed by atoms with Crippen LogP contribution >= 0.6 is 39.9 Å². The van der Waals surface area contributed by atoms with E-state index >= 15 is 0 Å². The Labute approximate surface area is 239 Å². The molecule has 0 bridgehead atoms. The predicted octanol–water partition coefficient (Wildman–Crippen LogP) is 7.15. The highest BCUT2D eigenvalue weighted by Gasteiger charge is 2.48. The van der Waals surface area contributed by atoms with Crippen LogP contribution in [0.5, 0.6) is 11.5 Å². The van der Waals surface area contributed by atoms with Crippen LogP contribution < -0.4 is 14.8 Å². The van der Waals surface area contributed by atoms with Crippen LogP contribution in [0.25, 0.3) is 10.9 Å². The van der Waals surface area contributed by atoms with Gasteiger partial charge in [0, 0.05) is 28.5 Å². The Morgan fingerprint density at radius 3 is 2.79 bits per heavy atom. The Kier molecular flexibility index (Phi) is 8.74. The van der Waals surface area contributed by atoms with Crippen molar-refractivity contribution in [3.8, 4) is 11.5 Å². The Morgan fingerprint density at radius 1 is 1.29 bits per heavy atom. The number of halogens is 4. The Balaban J connectivity index is 0.00000336. The molecule has 2 N–H and O–H groups in total. The summed E-state index contributed by atoms with van der Waals surface area (Å²) in [6, 6.07) is 6.87. The van der Waals surface area contributed by atoms with Gasteiger partial charge in [-0.15, -0.1) is 12.4 Å². The molecule has 204 valence electrons. The van der Waals surface area contributed by atoms with Gasteiger partial charge < -0.3 is 24.8 Å². The number of likely N-dealkylation sites (tertiary alicyclic amines) is 1. The van der Waals surface area contributed by atoms with Crippen LogP contribution in [-0.2, 0) is 0 Å². The van der Waals surface area contributed by atoms with Crippen LogP contribution in [0.1, 0.15) is 26.2 Å². The number of carbonyl (C=O) groups is 1. The number of fused-ring (bicyclic) bond motifs is 2. The summed E-state index contributed by atoms with van der Waals surface area (Å²) in [5.74, 6) is 1.99. The quantitative estimate of drug-likeness (QED) is 0.268. The van der Waals surface area contributed by atoms with Crippen molar-refractivity contribution >= 4 is 68.4 Å². The fourth-order valence-corrected chi connectivity index (χ4v) is 6.32. The number of methoxy groups -OCH3 is 1. The van der Waals surface area contributed by atoms with E-state index < -0.39 is 11.9 Å². The van der Waals surface area contributed by atoms with Crippen molar-refractivity contribution in [2.45, 2.75) is 32.2 Å². The minimum absolute atomic E-state index is 0. The summed E-state index contributed by atoms with van der Waals surface area (Å²) in [5.41, 5.74) is 0.800. The lowest BCUT2D eigenvalue weighted by atomic mass is 9.92. The lowest BCUT2D eigenvalue weighted by Gasteiger charge is -2.25. The zero-order valence-electron chi connectivity index (χ0n) is 20.8. The molecule has 0 spiro atoms. The number of benzene rings is 2. The van der Waals surface area contributed by atoms with Gasteiger partial charge in [0.15, 0.2) is 17.3 Å². The topological polar surface area (TPSA) is 96.8 Å². The summed E-state index contributed by atoms with van der Waals surface area (Å²) in [5, 5.41) is 13.1. The molecule has 4 atom stereocenters. The first-order chi connectivity index (χ1) is 17.8. The molecule has 12 heteroatoms. The minimum atomic E-state index is -0.822. The van der Waals surface area contributed by atoms with Crippen LogP contribution in [0.2, 0.25) is 5.02 Å². The highest BCUT2D eigenvalue weighted by Crippen LogP contribution is 2.46. The maximum atomic E-state index is 14.7. The predicted molar refractivity (Wildman–Crippen MR) is 150 cm³/mol. The summed E-state index contributed by atoms with van der Waals surface area (Å²) in [6.07, 6.45) is 3.29. The molecule has 3 aromatic rings. The van der Waals surface area contributed by atoms with Gasteiger partial charge in [0.05, 0.1) is 29.9 Å². The van der Waals surface area contributed by atoms with E-state index in [0.29, 0.717) is 63.6 Å². The van der Waals surface area contributed by atoms with Crippen molar-refractivity contribution in [1.29, 1.82) is 0 Å². The summed E-state index contributed by atoms with van der Waals surface area (Å²) >= 11 is 9.25. The molecule has 1 aliphatic carbocycles. The molecule has 38 heavy (non-hydrogen) atoms. The van der Waals surface area contributed by atoms with Gasteiger partial charge in [0.1, 0.15) is 12.1 Å². The normalized spacial score (nSPS) is 22.2. The molecule has 2 aliphatic rings. The van der Waals surface area contributed by atoms with Crippen LogP contribution in [0, 0.1) is 23.6 Å². The van der Waals surface area contributed by atoms with E-state index in [4.69, 9.17) is 21.1 Å². The average Bonchev–Trinajstić information content (AvgIpc) is 3.45. The second kappa shape index (κ2) is 11.7. The van der Waals surface area contributed by atoms with Crippen molar-refractivity contribution in [2.75, 3.05) is 25.6 Å². The number of hydrogen-bond acceptors (Lipinski definition) is 6. The smallest absolute Gasteiger partial charge is 0.407 e. The first kappa shape index (κ1) is 28.4. The molecule has 5 rings (SSSR count). The van der Waals surface area contributed by atoms with E-state index in [9.17, 15) is 14.3 Å². The van der Waals surface area contributed by atoms with Crippen molar-refractivity contribution < 1.29 is 23.8 Å². The third kappa shape index (κ3) is 5.31. The third-order valence-electron chi connectivity index (χ3n) is 7.52. The number of anilines is 2. The van der Waals surface area contributed by atoms with Crippen LogP contribution in [-0.4, -0.2) is 52.4 Å². The molecular formula is C26H28BrCl2FN4O4. The molecule has 1 saturated heterocycles. The van der Waals surface area contributed by atoms with Crippen LogP contribution in [0.15, 0.2) is 35.1 Å². The summed E-state index contributed by atoms with van der Waals surface area (Å²) in [6.45, 7) is 3.17. The van der Waals surface area contributed by atoms with Crippen LogP contribution in [0.3, 0.4) is 0 Å². The molecule has 1 amide bonds. The number of amides is 1. The number of carboxylic acid groups (broad SMARTS) is 1. The lowest BCUT2D eigenvalue weighted by molar-refractivity contribution is 0.128. The summed E-state index contributed by atoms with van der Waals surface area (Å²) < 4.78 is 26.9. The minimum Gasteiger partial charge on any atom is -0.493 e. The monoisotopic (exact) mass is 628 g/mol. The number of nitrogens with one attached hydrogen (secondary N) is 1. The molecule has 2 aromatic carbocycles. The van der Waals surface area contributed by atoms with Crippen molar-refractivity contribution in [3.05, 3.63) is 45.9 Å². The number of nitrogens with zero attached hydrogens (tertiary/aromatic N) is 3. The maximum absolute atomic E-state index is 14.7. The second-order valence-electron chi connectivity index (χ2n) is 9.57. The molecule has 2 heterocycles. The average molecular weight is 630 g/mol. The van der Waals surface area contributed by atoms with E-state index in [1.54, 1.807) is 36.3 Å². The SMILES string of the molecule is CCC1[C@H]2C[C@H](COc3cc4ncnc(Nc5ccc(Br)c(Cl)c5F)c4cc3OC)C[C@H]2CN1C(=O)O.Cl. The molecule has 1 unspecified atom stereocenters. The summed E-state index contributed by atoms with van der Waals surface area (Å²) in [4.78, 5) is 21.9. The van der Waals surface area contributed by atoms with Gasteiger partial charge >= 0.3 is 6.09 Å². The standard InChI is InChI=1S/C26H27BrClFN4O4.ClH/c1-3-20-15-7-13(6-14(15)10-33(20)26(34)35)11-37-22-9-19-16(8-21(22)36-2)25(31-12-30-19)32-18-5-4-17(27)23(28)24(18)29;/h4-5,8-9,12-15,20H,3,6-7,10-11H2,1-2H3,(H,34,35)(H,30,31,32);1H/t13-,14+,15+,20?;/m1./s1. The Hall–Kier alpha value is -2.56. The zero-order chi connectivity index (χ0) is 26.3. The highest BCUT2D eigenvalue weighted by molar-refractivity contribution is 9.10.